The molecule has 6 nitrogen and oxygen atoms in total. The van der Waals surface area contributed by atoms with Crippen molar-refractivity contribution >= 4 is 28.4 Å². The average molecular weight is 349 g/mol. The number of nitrogens with zero attached hydrogens (tertiary/aromatic N) is 1. The summed E-state index contributed by atoms with van der Waals surface area (Å²) < 4.78 is 31.3. The van der Waals surface area contributed by atoms with Crippen LogP contribution in [0.4, 0.5) is 0 Å². The van der Waals surface area contributed by atoms with Crippen molar-refractivity contribution in [2.45, 2.75) is 30.7 Å². The first-order valence-electron chi connectivity index (χ1n) is 6.98. The van der Waals surface area contributed by atoms with Gasteiger partial charge in [0.2, 0.25) is 10.0 Å². The van der Waals surface area contributed by atoms with Crippen LogP contribution in [-0.4, -0.2) is 44.4 Å². The molecule has 2 rings (SSSR count). The first kappa shape index (κ1) is 18.9. The summed E-state index contributed by atoms with van der Waals surface area (Å²) in [7, 11) is -3.55. The zero-order chi connectivity index (χ0) is 15.5. The van der Waals surface area contributed by atoms with Crippen molar-refractivity contribution in [1.29, 1.82) is 0 Å². The van der Waals surface area contributed by atoms with Crippen LogP contribution >= 0.6 is 12.4 Å². The molecule has 0 spiro atoms. The largest absolute Gasteiger partial charge is 0.462 e. The molecule has 124 valence electrons. The third-order valence-corrected chi connectivity index (χ3v) is 5.30. The number of esters is 1. The normalized spacial score (nSPS) is 19.3. The van der Waals surface area contributed by atoms with Gasteiger partial charge in [-0.2, -0.15) is 4.31 Å². The number of benzene rings is 1. The quantitative estimate of drug-likeness (QED) is 0.830. The highest BCUT2D eigenvalue weighted by atomic mass is 35.5. The molecule has 1 aromatic rings. The van der Waals surface area contributed by atoms with Crippen LogP contribution in [0, 0.1) is 0 Å². The number of carbonyl (C=O) groups excluding carboxylic acids is 1. The maximum atomic E-state index is 12.5. The molecule has 0 radical (unpaired) electrons. The highest BCUT2D eigenvalue weighted by Crippen LogP contribution is 2.20. The van der Waals surface area contributed by atoms with Crippen LogP contribution in [0.15, 0.2) is 29.2 Å². The van der Waals surface area contributed by atoms with Crippen molar-refractivity contribution in [3.05, 3.63) is 29.8 Å². The average Bonchev–Trinajstić information content (AvgIpc) is 2.47. The highest BCUT2D eigenvalue weighted by Gasteiger charge is 2.28. The monoisotopic (exact) mass is 348 g/mol. The van der Waals surface area contributed by atoms with E-state index < -0.39 is 16.0 Å². The van der Waals surface area contributed by atoms with E-state index in [1.807, 2.05) is 0 Å². The second-order valence-corrected chi connectivity index (χ2v) is 6.95. The van der Waals surface area contributed by atoms with Gasteiger partial charge in [0.1, 0.15) is 0 Å². The summed E-state index contributed by atoms with van der Waals surface area (Å²) >= 11 is 0. The van der Waals surface area contributed by atoms with E-state index in [4.69, 9.17) is 10.5 Å². The number of carbonyl (C=O) groups is 1. The van der Waals surface area contributed by atoms with Crippen molar-refractivity contribution in [3.8, 4) is 0 Å². The molecule has 1 heterocycles. The van der Waals surface area contributed by atoms with Crippen molar-refractivity contribution in [1.82, 2.24) is 4.31 Å². The molecule has 0 aromatic heterocycles. The van der Waals surface area contributed by atoms with E-state index in [2.05, 4.69) is 0 Å². The fourth-order valence-electron chi connectivity index (χ4n) is 2.32. The molecule has 1 aliphatic heterocycles. The Bertz CT molecular complexity index is 604. The van der Waals surface area contributed by atoms with E-state index in [-0.39, 0.29) is 30.0 Å². The topological polar surface area (TPSA) is 89.7 Å². The van der Waals surface area contributed by atoms with Gasteiger partial charge in [-0.15, -0.1) is 12.4 Å². The van der Waals surface area contributed by atoms with Crippen LogP contribution in [0.3, 0.4) is 0 Å². The summed E-state index contributed by atoms with van der Waals surface area (Å²) in [5, 5.41) is 0. The number of halogens is 1. The maximum absolute atomic E-state index is 12.5. The molecule has 0 bridgehead atoms. The Balaban J connectivity index is 0.00000242. The van der Waals surface area contributed by atoms with Crippen LogP contribution in [0.1, 0.15) is 30.1 Å². The fourth-order valence-corrected chi connectivity index (χ4v) is 3.85. The minimum atomic E-state index is -3.55. The molecule has 1 fully saturated rings. The van der Waals surface area contributed by atoms with Crippen molar-refractivity contribution in [3.63, 3.8) is 0 Å². The number of ether oxygens (including phenoxy) is 1. The number of hydrogen-bond donors (Lipinski definition) is 1. The molecule has 1 unspecified atom stereocenters. The standard InChI is InChI=1S/C14H20N2O4S.ClH/c1-2-20-14(17)11-5-7-13(8-6-11)21(18,19)16-9-3-4-12(15)10-16;/h5-8,12H,2-4,9-10,15H2,1H3;1H. The number of rotatable bonds is 4. The second kappa shape index (κ2) is 7.92. The number of sulfonamides is 1. The van der Waals surface area contributed by atoms with Gasteiger partial charge < -0.3 is 10.5 Å². The van der Waals surface area contributed by atoms with E-state index in [1.165, 1.54) is 28.6 Å². The lowest BCUT2D eigenvalue weighted by molar-refractivity contribution is 0.0526. The van der Waals surface area contributed by atoms with Crippen molar-refractivity contribution < 1.29 is 17.9 Å². The molecule has 1 aromatic carbocycles. The van der Waals surface area contributed by atoms with Crippen LogP contribution in [-0.2, 0) is 14.8 Å². The number of nitrogens with two attached hydrogens (primary N) is 1. The SMILES string of the molecule is CCOC(=O)c1ccc(S(=O)(=O)N2CCCC(N)C2)cc1.Cl. The van der Waals surface area contributed by atoms with Crippen LogP contribution in [0.5, 0.6) is 0 Å². The smallest absolute Gasteiger partial charge is 0.338 e. The van der Waals surface area contributed by atoms with Crippen LogP contribution in [0.2, 0.25) is 0 Å². The van der Waals surface area contributed by atoms with Gasteiger partial charge in [-0.3, -0.25) is 0 Å². The number of piperidine rings is 1. The number of hydrogen-bond acceptors (Lipinski definition) is 5. The molecule has 1 atom stereocenters. The molecule has 0 amide bonds. The third-order valence-electron chi connectivity index (χ3n) is 3.42. The zero-order valence-corrected chi connectivity index (χ0v) is 14.0. The van der Waals surface area contributed by atoms with Gasteiger partial charge in [-0.25, -0.2) is 13.2 Å². The molecule has 22 heavy (non-hydrogen) atoms. The van der Waals surface area contributed by atoms with Crippen molar-refractivity contribution in [2.75, 3.05) is 19.7 Å². The Kier molecular flexibility index (Phi) is 6.80. The molecule has 8 heteroatoms. The Hall–Kier alpha value is -1.15. The summed E-state index contributed by atoms with van der Waals surface area (Å²) in [4.78, 5) is 11.7. The second-order valence-electron chi connectivity index (χ2n) is 5.01. The molecule has 1 aliphatic rings. The van der Waals surface area contributed by atoms with Crippen LogP contribution in [0.25, 0.3) is 0 Å². The predicted molar refractivity (Wildman–Crippen MR) is 85.6 cm³/mol. The lowest BCUT2D eigenvalue weighted by Crippen LogP contribution is -2.45. The first-order valence-corrected chi connectivity index (χ1v) is 8.42. The minimum absolute atomic E-state index is 0. The molecular formula is C14H21ClN2O4S. The van der Waals surface area contributed by atoms with Gasteiger partial charge in [0, 0.05) is 19.1 Å². The highest BCUT2D eigenvalue weighted by molar-refractivity contribution is 7.89. The van der Waals surface area contributed by atoms with Gasteiger partial charge in [0.05, 0.1) is 17.1 Å². The Morgan fingerprint density at radius 3 is 2.55 bits per heavy atom. The maximum Gasteiger partial charge on any atom is 0.338 e. The molecule has 1 saturated heterocycles. The first-order chi connectivity index (χ1) is 9.95. The minimum Gasteiger partial charge on any atom is -0.462 e. The summed E-state index contributed by atoms with van der Waals surface area (Å²) in [5.74, 6) is -0.457. The lowest BCUT2D eigenvalue weighted by Gasteiger charge is -2.29. The molecule has 0 aliphatic carbocycles. The summed E-state index contributed by atoms with van der Waals surface area (Å²) in [5.41, 5.74) is 6.17. The van der Waals surface area contributed by atoms with Gasteiger partial charge in [-0.1, -0.05) is 0 Å². The fraction of sp³-hybridized carbons (Fsp3) is 0.500. The van der Waals surface area contributed by atoms with E-state index in [0.717, 1.165) is 12.8 Å². The van der Waals surface area contributed by atoms with Gasteiger partial charge in [0.15, 0.2) is 0 Å². The van der Waals surface area contributed by atoms with Crippen LogP contribution < -0.4 is 5.73 Å². The molecule has 2 N–H and O–H groups in total. The lowest BCUT2D eigenvalue weighted by atomic mass is 10.1. The Morgan fingerprint density at radius 2 is 2.00 bits per heavy atom. The van der Waals surface area contributed by atoms with Gasteiger partial charge >= 0.3 is 5.97 Å². The van der Waals surface area contributed by atoms with E-state index in [0.29, 0.717) is 18.7 Å². The molecule has 0 saturated carbocycles. The summed E-state index contributed by atoms with van der Waals surface area (Å²) in [6.07, 6.45) is 1.61. The molecular weight excluding hydrogens is 328 g/mol. The van der Waals surface area contributed by atoms with Gasteiger partial charge in [-0.05, 0) is 44.0 Å². The zero-order valence-electron chi connectivity index (χ0n) is 12.4. The summed E-state index contributed by atoms with van der Waals surface area (Å²) in [6, 6.07) is 5.68. The Morgan fingerprint density at radius 1 is 1.36 bits per heavy atom. The summed E-state index contributed by atoms with van der Waals surface area (Å²) in [6.45, 7) is 2.82. The van der Waals surface area contributed by atoms with E-state index >= 15 is 0 Å². The third kappa shape index (κ3) is 4.19. The predicted octanol–water partition coefficient (Wildman–Crippen LogP) is 1.40. The van der Waals surface area contributed by atoms with E-state index in [1.54, 1.807) is 6.92 Å². The Labute approximate surface area is 137 Å². The van der Waals surface area contributed by atoms with Crippen molar-refractivity contribution in [2.24, 2.45) is 5.73 Å². The van der Waals surface area contributed by atoms with Gasteiger partial charge in [0.25, 0.3) is 0 Å². The van der Waals surface area contributed by atoms with E-state index in [9.17, 15) is 13.2 Å².